The predicted octanol–water partition coefficient (Wildman–Crippen LogP) is 3.09. The first-order valence-corrected chi connectivity index (χ1v) is 10.8. The molecular weight excluding hydrogens is 513 g/mol. The first kappa shape index (κ1) is 19.8. The van der Waals surface area contributed by atoms with Gasteiger partial charge in [-0.2, -0.15) is 5.10 Å². The SMILES string of the molecule is C=C(I)C(=O)N1CC2CC1C(n1nc(-c3ccc([N+](=O)[O-])cc3)c3c(N)ncnc31)C2. The second-order valence-corrected chi connectivity index (χ2v) is 9.19. The number of hydrogen-bond donors (Lipinski definition) is 1. The molecule has 3 unspecified atom stereocenters. The summed E-state index contributed by atoms with van der Waals surface area (Å²) in [5.41, 5.74) is 8.04. The first-order chi connectivity index (χ1) is 14.8. The number of rotatable bonds is 4. The molecule has 2 aromatic heterocycles. The standard InChI is InChI=1S/C20H18IN7O3/c1-10(21)20(29)26-8-11-6-14(26)15(7-11)27-19-16(18(22)23-9-24-19)17(25-27)12-2-4-13(5-3-12)28(30)31/h2-5,9,11,14-15H,1,6-8H2,(H2,22,23,24). The van der Waals surface area contributed by atoms with E-state index < -0.39 is 4.92 Å². The van der Waals surface area contributed by atoms with Crippen molar-refractivity contribution in [1.82, 2.24) is 24.6 Å². The summed E-state index contributed by atoms with van der Waals surface area (Å²) in [6, 6.07) is 6.13. The second kappa shape index (κ2) is 7.25. The number of piperidine rings is 1. The van der Waals surface area contributed by atoms with Crippen LogP contribution in [0.15, 0.2) is 40.8 Å². The molecule has 5 rings (SSSR count). The van der Waals surface area contributed by atoms with Crippen molar-refractivity contribution in [3.8, 4) is 11.3 Å². The molecular formula is C20H18IN7O3. The number of fused-ring (bicyclic) bond motifs is 3. The van der Waals surface area contributed by atoms with E-state index in [1.54, 1.807) is 12.1 Å². The highest BCUT2D eigenvalue weighted by Crippen LogP contribution is 2.46. The molecule has 0 spiro atoms. The lowest BCUT2D eigenvalue weighted by Gasteiger charge is -2.33. The fraction of sp³-hybridized carbons (Fsp3) is 0.300. The molecule has 0 radical (unpaired) electrons. The highest BCUT2D eigenvalue weighted by Gasteiger charge is 2.48. The minimum atomic E-state index is -0.445. The third kappa shape index (κ3) is 3.14. The normalized spacial score (nSPS) is 22.2. The fourth-order valence-electron chi connectivity index (χ4n) is 4.81. The molecule has 31 heavy (non-hydrogen) atoms. The Labute approximate surface area is 190 Å². The van der Waals surface area contributed by atoms with Gasteiger partial charge in [-0.05, 0) is 53.5 Å². The van der Waals surface area contributed by atoms with Crippen LogP contribution in [-0.4, -0.2) is 48.1 Å². The Kier molecular flexibility index (Phi) is 4.64. The van der Waals surface area contributed by atoms with Crippen LogP contribution in [0.25, 0.3) is 22.3 Å². The molecule has 1 amide bonds. The molecule has 2 aliphatic rings. The smallest absolute Gasteiger partial charge is 0.269 e. The van der Waals surface area contributed by atoms with Crippen LogP contribution < -0.4 is 5.73 Å². The molecule has 10 nitrogen and oxygen atoms in total. The number of halogens is 1. The van der Waals surface area contributed by atoms with Crippen molar-refractivity contribution in [3.63, 3.8) is 0 Å². The van der Waals surface area contributed by atoms with Crippen molar-refractivity contribution >= 4 is 51.0 Å². The Morgan fingerprint density at radius 2 is 1.94 bits per heavy atom. The van der Waals surface area contributed by atoms with Gasteiger partial charge < -0.3 is 10.6 Å². The first-order valence-electron chi connectivity index (χ1n) is 9.74. The minimum Gasteiger partial charge on any atom is -0.383 e. The number of carbonyl (C=O) groups is 1. The average Bonchev–Trinajstić information content (AvgIpc) is 3.46. The lowest BCUT2D eigenvalue weighted by atomic mass is 10.1. The molecule has 2 fully saturated rings. The monoisotopic (exact) mass is 531 g/mol. The number of nitrogens with zero attached hydrogens (tertiary/aromatic N) is 6. The van der Waals surface area contributed by atoms with E-state index in [0.717, 1.165) is 19.4 Å². The number of nitro benzene ring substituents is 1. The van der Waals surface area contributed by atoms with Crippen molar-refractivity contribution in [2.24, 2.45) is 5.92 Å². The second-order valence-electron chi connectivity index (χ2n) is 7.89. The van der Waals surface area contributed by atoms with Crippen molar-refractivity contribution in [1.29, 1.82) is 0 Å². The zero-order valence-corrected chi connectivity index (χ0v) is 18.5. The number of hydrogen-bond acceptors (Lipinski definition) is 7. The zero-order chi connectivity index (χ0) is 21.9. The van der Waals surface area contributed by atoms with E-state index >= 15 is 0 Å². The van der Waals surface area contributed by atoms with E-state index in [1.165, 1.54) is 18.5 Å². The Balaban J connectivity index is 1.61. The molecule has 1 saturated carbocycles. The topological polar surface area (TPSA) is 133 Å². The summed E-state index contributed by atoms with van der Waals surface area (Å²) in [6.45, 7) is 4.52. The van der Waals surface area contributed by atoms with Crippen LogP contribution in [0.2, 0.25) is 0 Å². The number of aromatic nitrogens is 4. The van der Waals surface area contributed by atoms with Gasteiger partial charge in [0.2, 0.25) is 0 Å². The Hall–Kier alpha value is -3.09. The van der Waals surface area contributed by atoms with Gasteiger partial charge in [0.15, 0.2) is 5.65 Å². The summed E-state index contributed by atoms with van der Waals surface area (Å²) in [5.74, 6) is 0.649. The van der Waals surface area contributed by atoms with Crippen LogP contribution in [0.1, 0.15) is 18.9 Å². The van der Waals surface area contributed by atoms with Crippen molar-refractivity contribution in [2.45, 2.75) is 24.9 Å². The zero-order valence-electron chi connectivity index (χ0n) is 16.3. The Morgan fingerprint density at radius 1 is 1.23 bits per heavy atom. The summed E-state index contributed by atoms with van der Waals surface area (Å²) >= 11 is 1.97. The largest absolute Gasteiger partial charge is 0.383 e. The van der Waals surface area contributed by atoms with Gasteiger partial charge in [-0.1, -0.05) is 6.58 Å². The minimum absolute atomic E-state index is 0.00186. The van der Waals surface area contributed by atoms with Crippen LogP contribution in [-0.2, 0) is 4.79 Å². The number of nitro groups is 1. The van der Waals surface area contributed by atoms with Gasteiger partial charge in [0.1, 0.15) is 17.8 Å². The Bertz CT molecular complexity index is 1240. The molecule has 3 aromatic rings. The molecule has 1 aliphatic carbocycles. The number of non-ortho nitro benzene ring substituents is 1. The molecule has 3 heterocycles. The summed E-state index contributed by atoms with van der Waals surface area (Å²) in [4.78, 5) is 33.6. The van der Waals surface area contributed by atoms with E-state index in [0.29, 0.717) is 37.6 Å². The van der Waals surface area contributed by atoms with E-state index in [1.807, 2.05) is 32.2 Å². The molecule has 1 saturated heterocycles. The van der Waals surface area contributed by atoms with Gasteiger partial charge in [0.05, 0.1) is 26.0 Å². The quantitative estimate of drug-likeness (QED) is 0.237. The highest BCUT2D eigenvalue weighted by atomic mass is 127. The lowest BCUT2D eigenvalue weighted by Crippen LogP contribution is -2.43. The molecule has 1 aromatic carbocycles. The van der Waals surface area contributed by atoms with E-state index in [9.17, 15) is 14.9 Å². The van der Waals surface area contributed by atoms with Gasteiger partial charge in [-0.25, -0.2) is 14.6 Å². The summed E-state index contributed by atoms with van der Waals surface area (Å²) in [6.07, 6.45) is 3.20. The van der Waals surface area contributed by atoms with Crippen LogP contribution in [0.5, 0.6) is 0 Å². The number of nitrogen functional groups attached to an aromatic ring is 1. The predicted molar refractivity (Wildman–Crippen MR) is 122 cm³/mol. The summed E-state index contributed by atoms with van der Waals surface area (Å²) < 4.78 is 2.34. The maximum absolute atomic E-state index is 12.6. The van der Waals surface area contributed by atoms with Crippen molar-refractivity contribution < 1.29 is 9.72 Å². The van der Waals surface area contributed by atoms with Gasteiger partial charge in [0, 0.05) is 24.2 Å². The third-order valence-corrected chi connectivity index (χ3v) is 6.59. The number of benzene rings is 1. The maximum atomic E-state index is 12.6. The van der Waals surface area contributed by atoms with Crippen molar-refractivity contribution in [3.05, 3.63) is 50.9 Å². The fourth-order valence-corrected chi connectivity index (χ4v) is 5.12. The number of anilines is 1. The van der Waals surface area contributed by atoms with Gasteiger partial charge in [0.25, 0.3) is 11.6 Å². The van der Waals surface area contributed by atoms with Crippen molar-refractivity contribution in [2.75, 3.05) is 12.3 Å². The maximum Gasteiger partial charge on any atom is 0.269 e. The third-order valence-electron chi connectivity index (χ3n) is 6.13. The van der Waals surface area contributed by atoms with Crippen LogP contribution in [0.3, 0.4) is 0 Å². The number of nitrogens with two attached hydrogens (primary N) is 1. The van der Waals surface area contributed by atoms with Gasteiger partial charge in [-0.3, -0.25) is 14.9 Å². The van der Waals surface area contributed by atoms with Crippen LogP contribution in [0.4, 0.5) is 11.5 Å². The van der Waals surface area contributed by atoms with Gasteiger partial charge in [-0.15, -0.1) is 0 Å². The molecule has 158 valence electrons. The molecule has 2 bridgehead atoms. The van der Waals surface area contributed by atoms with E-state index in [4.69, 9.17) is 10.8 Å². The van der Waals surface area contributed by atoms with Crippen LogP contribution in [0, 0.1) is 16.0 Å². The molecule has 1 aliphatic heterocycles. The lowest BCUT2D eigenvalue weighted by molar-refractivity contribution is -0.384. The number of carbonyl (C=O) groups excluding carboxylic acids is 1. The molecule has 2 N–H and O–H groups in total. The molecule has 11 heteroatoms. The number of likely N-dealkylation sites (tertiary alicyclic amines) is 1. The number of amides is 1. The van der Waals surface area contributed by atoms with Gasteiger partial charge >= 0.3 is 0 Å². The summed E-state index contributed by atoms with van der Waals surface area (Å²) in [7, 11) is 0. The van der Waals surface area contributed by atoms with E-state index in [2.05, 4.69) is 16.5 Å². The average molecular weight is 531 g/mol. The molecule has 3 atom stereocenters. The Morgan fingerprint density at radius 3 is 2.58 bits per heavy atom. The van der Waals surface area contributed by atoms with Crippen LogP contribution >= 0.6 is 22.6 Å². The van der Waals surface area contributed by atoms with E-state index in [-0.39, 0.29) is 23.7 Å². The summed E-state index contributed by atoms with van der Waals surface area (Å²) in [5, 5.41) is 16.5. The highest BCUT2D eigenvalue weighted by molar-refractivity contribution is 14.1.